The lowest BCUT2D eigenvalue weighted by Crippen LogP contribution is -2.26. The van der Waals surface area contributed by atoms with Crippen molar-refractivity contribution in [2.24, 2.45) is 0 Å². The molecule has 3 nitrogen and oxygen atoms in total. The molecule has 2 aromatic rings. The zero-order chi connectivity index (χ0) is 14.8. The van der Waals surface area contributed by atoms with Crippen molar-refractivity contribution in [3.63, 3.8) is 0 Å². The summed E-state index contributed by atoms with van der Waals surface area (Å²) in [5.41, 5.74) is 0.701. The van der Waals surface area contributed by atoms with Gasteiger partial charge in [0.25, 0.3) is 0 Å². The first-order valence-electron chi connectivity index (χ1n) is 5.92. The maximum atomic E-state index is 12.8. The minimum Gasteiger partial charge on any atom is -0.207 e. The van der Waals surface area contributed by atoms with Gasteiger partial charge in [-0.1, -0.05) is 28.1 Å². The number of rotatable bonds is 4. The first-order chi connectivity index (χ1) is 9.38. The number of hydrogen-bond donors (Lipinski definition) is 1. The lowest BCUT2D eigenvalue weighted by atomic mass is 10.1. The molecular weight excluding hydrogens is 345 g/mol. The minimum absolute atomic E-state index is 0.190. The number of hydrogen-bond acceptors (Lipinski definition) is 2. The molecule has 2 rings (SSSR count). The molecule has 1 atom stereocenters. The normalized spacial score (nSPS) is 13.2. The van der Waals surface area contributed by atoms with Gasteiger partial charge in [-0.15, -0.1) is 0 Å². The Bertz CT molecular complexity index is 684. The fourth-order valence-electron chi connectivity index (χ4n) is 1.73. The van der Waals surface area contributed by atoms with E-state index in [9.17, 15) is 12.8 Å². The summed E-state index contributed by atoms with van der Waals surface area (Å²) in [5.74, 6) is -0.350. The first-order valence-corrected chi connectivity index (χ1v) is 8.19. The lowest BCUT2D eigenvalue weighted by molar-refractivity contribution is 0.566. The van der Waals surface area contributed by atoms with Crippen LogP contribution in [0.15, 0.2) is 57.9 Å². The maximum Gasteiger partial charge on any atom is 0.241 e. The molecule has 0 bridgehead atoms. The summed E-state index contributed by atoms with van der Waals surface area (Å²) in [5, 5.41) is 0. The Morgan fingerprint density at radius 1 is 1.05 bits per heavy atom. The highest BCUT2D eigenvalue weighted by Gasteiger charge is 2.18. The molecular formula is C14H13BrFNO2S. The van der Waals surface area contributed by atoms with Crippen molar-refractivity contribution in [3.05, 3.63) is 64.4 Å². The predicted molar refractivity (Wildman–Crippen MR) is 79.3 cm³/mol. The summed E-state index contributed by atoms with van der Waals surface area (Å²) < 4.78 is 40.6. The molecule has 0 amide bonds. The van der Waals surface area contributed by atoms with Gasteiger partial charge in [-0.25, -0.2) is 17.5 Å². The van der Waals surface area contributed by atoms with Crippen molar-refractivity contribution in [1.82, 2.24) is 4.72 Å². The van der Waals surface area contributed by atoms with E-state index in [1.54, 1.807) is 31.2 Å². The van der Waals surface area contributed by atoms with Gasteiger partial charge in [-0.2, -0.15) is 0 Å². The van der Waals surface area contributed by atoms with Gasteiger partial charge in [0.15, 0.2) is 0 Å². The van der Waals surface area contributed by atoms with Crippen LogP contribution >= 0.6 is 15.9 Å². The van der Waals surface area contributed by atoms with Crippen LogP contribution in [0.25, 0.3) is 0 Å². The second kappa shape index (κ2) is 6.03. The molecule has 0 aliphatic rings. The van der Waals surface area contributed by atoms with E-state index in [4.69, 9.17) is 0 Å². The Hall–Kier alpha value is -1.24. The van der Waals surface area contributed by atoms with Crippen molar-refractivity contribution in [3.8, 4) is 0 Å². The average molecular weight is 358 g/mol. The zero-order valence-corrected chi connectivity index (χ0v) is 13.1. The van der Waals surface area contributed by atoms with Gasteiger partial charge in [0.2, 0.25) is 10.0 Å². The molecule has 0 aromatic heterocycles. The molecule has 0 heterocycles. The zero-order valence-electron chi connectivity index (χ0n) is 10.7. The molecule has 2 aromatic carbocycles. The third-order valence-corrected chi connectivity index (χ3v) is 4.91. The highest BCUT2D eigenvalue weighted by Crippen LogP contribution is 2.19. The number of benzene rings is 2. The molecule has 0 aliphatic carbocycles. The Balaban J connectivity index is 2.19. The molecule has 0 spiro atoms. The van der Waals surface area contributed by atoms with Crippen LogP contribution in [0.2, 0.25) is 0 Å². The molecule has 0 saturated heterocycles. The monoisotopic (exact) mass is 357 g/mol. The Morgan fingerprint density at radius 3 is 2.15 bits per heavy atom. The third-order valence-electron chi connectivity index (χ3n) is 2.83. The minimum atomic E-state index is -3.60. The van der Waals surface area contributed by atoms with E-state index < -0.39 is 16.1 Å². The second-order valence-corrected chi connectivity index (χ2v) is 6.98. The van der Waals surface area contributed by atoms with Crippen LogP contribution in [0, 0.1) is 5.82 Å². The van der Waals surface area contributed by atoms with Crippen molar-refractivity contribution < 1.29 is 12.8 Å². The fourth-order valence-corrected chi connectivity index (χ4v) is 3.23. The van der Waals surface area contributed by atoms with Crippen LogP contribution in [-0.2, 0) is 10.0 Å². The van der Waals surface area contributed by atoms with Crippen LogP contribution in [0.5, 0.6) is 0 Å². The summed E-state index contributed by atoms with van der Waals surface area (Å²) in [6.45, 7) is 1.71. The van der Waals surface area contributed by atoms with E-state index in [1.807, 2.05) is 0 Å². The van der Waals surface area contributed by atoms with E-state index in [0.717, 1.165) is 4.47 Å². The third kappa shape index (κ3) is 3.65. The van der Waals surface area contributed by atoms with Crippen LogP contribution < -0.4 is 4.72 Å². The summed E-state index contributed by atoms with van der Waals surface area (Å²) in [6, 6.07) is 11.7. The van der Waals surface area contributed by atoms with Crippen molar-refractivity contribution >= 4 is 26.0 Å². The molecule has 106 valence electrons. The van der Waals surface area contributed by atoms with E-state index in [0.29, 0.717) is 5.56 Å². The van der Waals surface area contributed by atoms with Gasteiger partial charge >= 0.3 is 0 Å². The molecule has 1 N–H and O–H groups in total. The Kier molecular flexibility index (Phi) is 4.57. The SMILES string of the molecule is CC(NS(=O)(=O)c1ccc(Br)cc1)c1ccc(F)cc1. The molecule has 0 saturated carbocycles. The van der Waals surface area contributed by atoms with Crippen molar-refractivity contribution in [1.29, 1.82) is 0 Å². The Labute approximate surface area is 126 Å². The summed E-state index contributed by atoms with van der Waals surface area (Å²) in [7, 11) is -3.60. The topological polar surface area (TPSA) is 46.2 Å². The quantitative estimate of drug-likeness (QED) is 0.907. The number of nitrogens with one attached hydrogen (secondary N) is 1. The van der Waals surface area contributed by atoms with E-state index in [-0.39, 0.29) is 10.7 Å². The lowest BCUT2D eigenvalue weighted by Gasteiger charge is -2.14. The average Bonchev–Trinajstić information content (AvgIpc) is 2.39. The molecule has 1 unspecified atom stereocenters. The van der Waals surface area contributed by atoms with Crippen molar-refractivity contribution in [2.75, 3.05) is 0 Å². The second-order valence-electron chi connectivity index (χ2n) is 4.35. The summed E-state index contributed by atoms with van der Waals surface area (Å²) in [6.07, 6.45) is 0. The maximum absolute atomic E-state index is 12.8. The van der Waals surface area contributed by atoms with E-state index in [2.05, 4.69) is 20.7 Å². The fraction of sp³-hybridized carbons (Fsp3) is 0.143. The number of halogens is 2. The van der Waals surface area contributed by atoms with Crippen molar-refractivity contribution in [2.45, 2.75) is 17.9 Å². The van der Waals surface area contributed by atoms with Crippen LogP contribution in [0.3, 0.4) is 0 Å². The smallest absolute Gasteiger partial charge is 0.207 e. The Morgan fingerprint density at radius 2 is 1.60 bits per heavy atom. The van der Waals surface area contributed by atoms with Gasteiger partial charge in [0.05, 0.1) is 4.90 Å². The number of sulfonamides is 1. The molecule has 0 fully saturated rings. The van der Waals surface area contributed by atoms with Crippen LogP contribution in [0.1, 0.15) is 18.5 Å². The van der Waals surface area contributed by atoms with Gasteiger partial charge < -0.3 is 0 Å². The highest BCUT2D eigenvalue weighted by molar-refractivity contribution is 9.10. The molecule has 20 heavy (non-hydrogen) atoms. The van der Waals surface area contributed by atoms with Crippen LogP contribution in [-0.4, -0.2) is 8.42 Å². The summed E-state index contributed by atoms with van der Waals surface area (Å²) in [4.78, 5) is 0.190. The first kappa shape index (κ1) is 15.2. The molecule has 6 heteroatoms. The molecule has 0 radical (unpaired) electrons. The van der Waals surface area contributed by atoms with E-state index in [1.165, 1.54) is 24.3 Å². The largest absolute Gasteiger partial charge is 0.241 e. The van der Waals surface area contributed by atoms with E-state index >= 15 is 0 Å². The van der Waals surface area contributed by atoms with Gasteiger partial charge in [-0.05, 0) is 48.9 Å². The van der Waals surface area contributed by atoms with Gasteiger partial charge in [0.1, 0.15) is 5.82 Å². The van der Waals surface area contributed by atoms with Gasteiger partial charge in [0, 0.05) is 10.5 Å². The highest BCUT2D eigenvalue weighted by atomic mass is 79.9. The standard InChI is InChI=1S/C14H13BrFNO2S/c1-10(11-2-6-13(16)7-3-11)17-20(18,19)14-8-4-12(15)5-9-14/h2-10,17H,1H3. The predicted octanol–water partition coefficient (Wildman–Crippen LogP) is 3.63. The summed E-state index contributed by atoms with van der Waals surface area (Å²) >= 11 is 3.26. The van der Waals surface area contributed by atoms with Gasteiger partial charge in [-0.3, -0.25) is 0 Å². The van der Waals surface area contributed by atoms with Crippen LogP contribution in [0.4, 0.5) is 4.39 Å². The molecule has 0 aliphatic heterocycles.